The van der Waals surface area contributed by atoms with Gasteiger partial charge in [-0.1, -0.05) is 65.7 Å². The molecule has 0 aliphatic rings. The van der Waals surface area contributed by atoms with E-state index in [0.29, 0.717) is 37.6 Å². The van der Waals surface area contributed by atoms with Gasteiger partial charge in [-0.3, -0.25) is 4.79 Å². The normalized spacial score (nSPS) is 11.8. The number of rotatable bonds is 5. The molecule has 1 aromatic heterocycles. The quantitative estimate of drug-likeness (QED) is 0.253. The number of hydrogen-bond donors (Lipinski definition) is 1. The zero-order valence-corrected chi connectivity index (χ0v) is 20.0. The van der Waals surface area contributed by atoms with Gasteiger partial charge in [0.2, 0.25) is 5.91 Å². The summed E-state index contributed by atoms with van der Waals surface area (Å²) in [5.74, 6) is -0.909. The van der Waals surface area contributed by atoms with Crippen LogP contribution in [0.2, 0.25) is 10.0 Å². The molecule has 9 heteroatoms. The number of ether oxygens (including phenoxy) is 1. The van der Waals surface area contributed by atoms with Crippen molar-refractivity contribution in [1.29, 1.82) is 0 Å². The third-order valence-corrected chi connectivity index (χ3v) is 6.47. The molecule has 0 aliphatic heterocycles. The first-order valence-corrected chi connectivity index (χ1v) is 11.5. The van der Waals surface area contributed by atoms with E-state index in [9.17, 15) is 18.0 Å². The first-order valence-electron chi connectivity index (χ1n) is 10.8. The first-order chi connectivity index (χ1) is 17.1. The van der Waals surface area contributed by atoms with Gasteiger partial charge in [0.1, 0.15) is 5.75 Å². The van der Waals surface area contributed by atoms with Crippen LogP contribution in [0.3, 0.4) is 0 Å². The van der Waals surface area contributed by atoms with Gasteiger partial charge in [-0.05, 0) is 42.0 Å². The van der Waals surface area contributed by atoms with Crippen LogP contribution in [0.15, 0.2) is 78.9 Å². The van der Waals surface area contributed by atoms with Crippen LogP contribution in [0.5, 0.6) is 5.75 Å². The molecule has 2 N–H and O–H groups in total. The molecular weight excluding hydrogens is 512 g/mol. The van der Waals surface area contributed by atoms with Crippen molar-refractivity contribution in [2.45, 2.75) is 12.9 Å². The van der Waals surface area contributed by atoms with Gasteiger partial charge >= 0.3 is 6.36 Å². The van der Waals surface area contributed by atoms with Crippen molar-refractivity contribution in [2.75, 3.05) is 0 Å². The maximum Gasteiger partial charge on any atom is 0.573 e. The van der Waals surface area contributed by atoms with Crippen molar-refractivity contribution in [3.8, 4) is 16.9 Å². The van der Waals surface area contributed by atoms with Crippen molar-refractivity contribution in [1.82, 2.24) is 4.57 Å². The molecule has 4 aromatic carbocycles. The zero-order valence-electron chi connectivity index (χ0n) is 18.4. The summed E-state index contributed by atoms with van der Waals surface area (Å²) in [6, 6.07) is 21.8. The molecule has 1 amide bonds. The minimum absolute atomic E-state index is 0.0479. The number of carbonyl (C=O) groups excluding carboxylic acids is 1. The van der Waals surface area contributed by atoms with Crippen LogP contribution in [0.25, 0.3) is 32.9 Å². The fourth-order valence-corrected chi connectivity index (χ4v) is 4.96. The van der Waals surface area contributed by atoms with E-state index in [2.05, 4.69) is 4.74 Å². The molecule has 0 aliphatic carbocycles. The number of nitrogens with two attached hydrogens (primary N) is 1. The fourth-order valence-electron chi connectivity index (χ4n) is 4.44. The third kappa shape index (κ3) is 4.47. The number of nitrogens with zero attached hydrogens (tertiary/aromatic N) is 1. The van der Waals surface area contributed by atoms with Crippen molar-refractivity contribution in [3.05, 3.63) is 100 Å². The molecule has 1 heterocycles. The number of benzene rings is 4. The second-order valence-corrected chi connectivity index (χ2v) is 9.01. The Morgan fingerprint density at radius 2 is 1.69 bits per heavy atom. The summed E-state index contributed by atoms with van der Waals surface area (Å²) >= 11 is 12.5. The number of para-hydroxylation sites is 1. The summed E-state index contributed by atoms with van der Waals surface area (Å²) in [5.41, 5.74) is 9.11. The predicted octanol–water partition coefficient (Wildman–Crippen LogP) is 7.81. The molecule has 0 radical (unpaired) electrons. The lowest BCUT2D eigenvalue weighted by molar-refractivity contribution is -0.274. The van der Waals surface area contributed by atoms with Gasteiger partial charge in [0.05, 0.1) is 17.6 Å². The molecule has 0 bridgehead atoms. The molecule has 4 nitrogen and oxygen atoms in total. The maximum absolute atomic E-state index is 13.1. The minimum atomic E-state index is -4.84. The molecule has 182 valence electrons. The number of amides is 1. The highest BCUT2D eigenvalue weighted by molar-refractivity contribution is 6.36. The lowest BCUT2D eigenvalue weighted by Crippen LogP contribution is -2.18. The van der Waals surface area contributed by atoms with Crippen LogP contribution < -0.4 is 10.5 Å². The Labute approximate surface area is 213 Å². The molecule has 0 unspecified atom stereocenters. The van der Waals surface area contributed by atoms with Gasteiger partial charge in [0.25, 0.3) is 0 Å². The van der Waals surface area contributed by atoms with Crippen molar-refractivity contribution in [3.63, 3.8) is 0 Å². The highest BCUT2D eigenvalue weighted by atomic mass is 35.5. The van der Waals surface area contributed by atoms with Crippen LogP contribution in [0.1, 0.15) is 15.9 Å². The summed E-state index contributed by atoms with van der Waals surface area (Å²) in [6.07, 6.45) is -4.84. The van der Waals surface area contributed by atoms with Crippen LogP contribution in [-0.2, 0) is 6.54 Å². The second-order valence-electron chi connectivity index (χ2n) is 8.16. The fraction of sp³-hybridized carbons (Fsp3) is 0.0741. The molecule has 0 saturated carbocycles. The average molecular weight is 529 g/mol. The SMILES string of the molecule is NC(=O)c1cccc2c1c1ccc(-c3ccc(Cl)cc3Cl)cc1n2Cc1ccccc1OC(F)(F)F. The van der Waals surface area contributed by atoms with Gasteiger partial charge in [-0.25, -0.2) is 0 Å². The van der Waals surface area contributed by atoms with Crippen molar-refractivity contribution < 1.29 is 22.7 Å². The van der Waals surface area contributed by atoms with E-state index in [4.69, 9.17) is 28.9 Å². The number of hydrogen-bond acceptors (Lipinski definition) is 2. The zero-order chi connectivity index (χ0) is 25.6. The molecule has 0 saturated heterocycles. The lowest BCUT2D eigenvalue weighted by atomic mass is 10.0. The van der Waals surface area contributed by atoms with Crippen molar-refractivity contribution >= 4 is 50.9 Å². The summed E-state index contributed by atoms with van der Waals surface area (Å²) < 4.78 is 45.3. The number of alkyl halides is 3. The van der Waals surface area contributed by atoms with Gasteiger partial charge < -0.3 is 15.0 Å². The molecule has 5 aromatic rings. The number of primary amides is 1. The Morgan fingerprint density at radius 3 is 2.42 bits per heavy atom. The van der Waals surface area contributed by atoms with E-state index < -0.39 is 12.3 Å². The Kier molecular flexibility index (Phi) is 6.06. The van der Waals surface area contributed by atoms with Gasteiger partial charge in [0.15, 0.2) is 0 Å². The molecular formula is C27H17Cl2F3N2O2. The van der Waals surface area contributed by atoms with E-state index in [0.717, 1.165) is 16.5 Å². The van der Waals surface area contributed by atoms with E-state index in [1.165, 1.54) is 12.1 Å². The molecule has 36 heavy (non-hydrogen) atoms. The predicted molar refractivity (Wildman–Crippen MR) is 136 cm³/mol. The van der Waals surface area contributed by atoms with Crippen LogP contribution in [0, 0.1) is 0 Å². The van der Waals surface area contributed by atoms with Gasteiger partial charge in [0, 0.05) is 37.5 Å². The summed E-state index contributed by atoms with van der Waals surface area (Å²) in [4.78, 5) is 12.2. The van der Waals surface area contributed by atoms with Crippen LogP contribution >= 0.6 is 23.2 Å². The maximum atomic E-state index is 13.1. The number of halogens is 5. The Morgan fingerprint density at radius 1 is 0.917 bits per heavy atom. The minimum Gasteiger partial charge on any atom is -0.405 e. The molecule has 0 spiro atoms. The van der Waals surface area contributed by atoms with Gasteiger partial charge in [-0.2, -0.15) is 0 Å². The summed E-state index contributed by atoms with van der Waals surface area (Å²) in [5, 5.41) is 2.28. The Hall–Kier alpha value is -3.68. The molecule has 0 fully saturated rings. The number of fused-ring (bicyclic) bond motifs is 3. The van der Waals surface area contributed by atoms with Crippen LogP contribution in [0.4, 0.5) is 13.2 Å². The highest BCUT2D eigenvalue weighted by Gasteiger charge is 2.32. The number of carbonyl (C=O) groups is 1. The Balaban J connectivity index is 1.77. The van der Waals surface area contributed by atoms with Crippen molar-refractivity contribution in [2.24, 2.45) is 5.73 Å². The van der Waals surface area contributed by atoms with E-state index in [-0.39, 0.29) is 12.3 Å². The monoisotopic (exact) mass is 528 g/mol. The van der Waals surface area contributed by atoms with E-state index >= 15 is 0 Å². The average Bonchev–Trinajstić information content (AvgIpc) is 3.12. The van der Waals surface area contributed by atoms with E-state index in [1.54, 1.807) is 48.5 Å². The standard InChI is InChI=1S/C27H17Cl2F3N2O2/c28-17-9-11-18(21(29)13-17)15-8-10-19-23(12-15)34(22-6-3-5-20(25(19)22)26(33)35)14-16-4-1-2-7-24(16)36-27(30,31)32/h1-13H,14H2,(H2,33,35). The smallest absolute Gasteiger partial charge is 0.405 e. The second kappa shape index (κ2) is 9.08. The molecule has 0 atom stereocenters. The van der Waals surface area contributed by atoms with E-state index in [1.807, 2.05) is 22.8 Å². The third-order valence-electron chi connectivity index (χ3n) is 5.93. The Bertz CT molecular complexity index is 1640. The topological polar surface area (TPSA) is 57.2 Å². The largest absolute Gasteiger partial charge is 0.573 e. The first kappa shape index (κ1) is 24.0. The summed E-state index contributed by atoms with van der Waals surface area (Å²) in [6.45, 7) is 0.0479. The number of aromatic nitrogens is 1. The van der Waals surface area contributed by atoms with Gasteiger partial charge in [-0.15, -0.1) is 13.2 Å². The highest BCUT2D eigenvalue weighted by Crippen LogP contribution is 2.38. The van der Waals surface area contributed by atoms with Crippen LogP contribution in [-0.4, -0.2) is 16.8 Å². The summed E-state index contributed by atoms with van der Waals surface area (Å²) in [7, 11) is 0. The lowest BCUT2D eigenvalue weighted by Gasteiger charge is -2.15. The molecule has 5 rings (SSSR count).